The molecular weight excluding hydrogens is 437 g/mol. The second-order valence-electron chi connectivity index (χ2n) is 7.99. The van der Waals surface area contributed by atoms with E-state index in [0.29, 0.717) is 31.0 Å². The number of fused-ring (bicyclic) bond motifs is 1. The number of halogens is 4. The van der Waals surface area contributed by atoms with Crippen LogP contribution in [-0.2, 0) is 11.0 Å². The van der Waals surface area contributed by atoms with E-state index in [2.05, 4.69) is 14.6 Å². The molecule has 1 aromatic heterocycles. The lowest BCUT2D eigenvalue weighted by molar-refractivity contribution is 0.237. The molecule has 2 aromatic rings. The van der Waals surface area contributed by atoms with Gasteiger partial charge in [-0.1, -0.05) is 17.7 Å². The zero-order valence-electron chi connectivity index (χ0n) is 16.5. The Morgan fingerprint density at radius 1 is 1.23 bits per heavy atom. The highest BCUT2D eigenvalue weighted by atomic mass is 35.5. The average Bonchev–Trinajstić information content (AvgIpc) is 3.25. The van der Waals surface area contributed by atoms with Crippen molar-refractivity contribution in [2.24, 2.45) is 11.8 Å². The second-order valence-corrected chi connectivity index (χ2v) is 9.52. The van der Waals surface area contributed by atoms with Crippen molar-refractivity contribution in [1.29, 1.82) is 0 Å². The third kappa shape index (κ3) is 3.90. The van der Waals surface area contributed by atoms with Crippen molar-refractivity contribution in [3.8, 4) is 0 Å². The summed E-state index contributed by atoms with van der Waals surface area (Å²) in [5.74, 6) is -2.10. The van der Waals surface area contributed by atoms with Gasteiger partial charge in [-0.3, -0.25) is 4.72 Å². The number of aromatic nitrogens is 1. The van der Waals surface area contributed by atoms with E-state index in [9.17, 15) is 17.4 Å². The molecule has 1 aliphatic carbocycles. The van der Waals surface area contributed by atoms with Crippen molar-refractivity contribution < 1.29 is 17.4 Å². The number of rotatable bonds is 5. The first-order chi connectivity index (χ1) is 14.3. The normalized spacial score (nSPS) is 24.4. The molecule has 2 heterocycles. The molecule has 2 aliphatic rings. The first-order valence-corrected chi connectivity index (χ1v) is 11.2. The van der Waals surface area contributed by atoms with Gasteiger partial charge in [-0.05, 0) is 50.9 Å². The van der Waals surface area contributed by atoms with Crippen molar-refractivity contribution in [3.05, 3.63) is 46.9 Å². The Labute approximate surface area is 180 Å². The van der Waals surface area contributed by atoms with Crippen LogP contribution in [0.5, 0.6) is 0 Å². The van der Waals surface area contributed by atoms with Gasteiger partial charge in [0.15, 0.2) is 16.8 Å². The number of nitrogens with zero attached hydrogens (tertiary/aromatic N) is 3. The van der Waals surface area contributed by atoms with Gasteiger partial charge in [0.1, 0.15) is 21.6 Å². The molecule has 1 aromatic carbocycles. The molecule has 4 unspecified atom stereocenters. The molecule has 4 atom stereocenters. The minimum Gasteiger partial charge on any atom is -0.370 e. The quantitative estimate of drug-likeness (QED) is 0.542. The molecule has 0 bridgehead atoms. The molecule has 2 fully saturated rings. The number of nitrogens with one attached hydrogen (secondary N) is 1. The summed E-state index contributed by atoms with van der Waals surface area (Å²) in [5, 5.41) is -0.268. The summed E-state index contributed by atoms with van der Waals surface area (Å²) in [6.45, 7) is 1.35. The number of hydrogen-bond acceptors (Lipinski definition) is 4. The monoisotopic (exact) mass is 458 g/mol. The Hall–Kier alpha value is -1.84. The van der Waals surface area contributed by atoms with Crippen LogP contribution in [0.4, 0.5) is 24.7 Å². The minimum absolute atomic E-state index is 0.102. The molecule has 10 heteroatoms. The van der Waals surface area contributed by atoms with Crippen molar-refractivity contribution in [1.82, 2.24) is 9.88 Å². The standard InChI is InChI=1S/C20H22ClF3N4OS/c1-27(2)14-7-6-11-9-28(10-12(11)14)15-8-13(22)20(19(24)18(15)21)30(29)26-17-5-3-4-16(23)25-17/h3-5,8,11-12,14H,6-7,9-10H2,1-2H3,(H,25,26). The summed E-state index contributed by atoms with van der Waals surface area (Å²) in [7, 11) is 1.76. The highest BCUT2D eigenvalue weighted by Crippen LogP contribution is 2.44. The average molecular weight is 459 g/mol. The van der Waals surface area contributed by atoms with E-state index in [-0.39, 0.29) is 16.5 Å². The SMILES string of the molecule is CN(C)C1CCC2CN(c3cc(F)c(S(=O)Nc4cccc(F)n4)c(F)c3Cl)CC21. The Balaban J connectivity index is 1.58. The van der Waals surface area contributed by atoms with E-state index < -0.39 is 33.5 Å². The Kier molecular flexibility index (Phi) is 5.96. The highest BCUT2D eigenvalue weighted by molar-refractivity contribution is 7.86. The fourth-order valence-corrected chi connectivity index (χ4v) is 5.88. The number of hydrogen-bond donors (Lipinski definition) is 1. The summed E-state index contributed by atoms with van der Waals surface area (Å²) in [5.41, 5.74) is 0.267. The maximum absolute atomic E-state index is 15.0. The largest absolute Gasteiger partial charge is 0.370 e. The Bertz CT molecular complexity index is 993. The van der Waals surface area contributed by atoms with Crippen LogP contribution in [0.15, 0.2) is 29.2 Å². The fourth-order valence-electron chi connectivity index (χ4n) is 4.65. The Morgan fingerprint density at radius 2 is 2.00 bits per heavy atom. The van der Waals surface area contributed by atoms with E-state index in [1.165, 1.54) is 12.1 Å². The van der Waals surface area contributed by atoms with Gasteiger partial charge in [0.25, 0.3) is 0 Å². The van der Waals surface area contributed by atoms with E-state index in [1.54, 1.807) is 0 Å². The highest BCUT2D eigenvalue weighted by Gasteiger charge is 2.44. The molecule has 162 valence electrons. The maximum atomic E-state index is 15.0. The maximum Gasteiger partial charge on any atom is 0.214 e. The zero-order valence-corrected chi connectivity index (χ0v) is 18.1. The second kappa shape index (κ2) is 8.36. The summed E-state index contributed by atoms with van der Waals surface area (Å²) in [6, 6.07) is 5.36. The molecule has 1 saturated heterocycles. The fraction of sp³-hybridized carbons (Fsp3) is 0.450. The third-order valence-corrected chi connectivity index (χ3v) is 7.52. The molecule has 0 radical (unpaired) electrons. The van der Waals surface area contributed by atoms with E-state index >= 15 is 0 Å². The topological polar surface area (TPSA) is 48.5 Å². The Morgan fingerprint density at radius 3 is 2.70 bits per heavy atom. The number of benzene rings is 1. The number of pyridine rings is 1. The van der Waals surface area contributed by atoms with Gasteiger partial charge in [0.05, 0.1) is 5.69 Å². The molecule has 1 N–H and O–H groups in total. The van der Waals surface area contributed by atoms with Crippen LogP contribution in [0.25, 0.3) is 0 Å². The summed E-state index contributed by atoms with van der Waals surface area (Å²) >= 11 is 6.25. The van der Waals surface area contributed by atoms with Gasteiger partial charge in [-0.25, -0.2) is 18.0 Å². The molecule has 30 heavy (non-hydrogen) atoms. The van der Waals surface area contributed by atoms with Crippen molar-refractivity contribution in [2.75, 3.05) is 36.8 Å². The molecule has 1 saturated carbocycles. The third-order valence-electron chi connectivity index (χ3n) is 6.02. The number of anilines is 2. The first-order valence-electron chi connectivity index (χ1n) is 9.66. The summed E-state index contributed by atoms with van der Waals surface area (Å²) in [4.78, 5) is 6.90. The predicted octanol–water partition coefficient (Wildman–Crippen LogP) is 4.06. The van der Waals surface area contributed by atoms with E-state index in [1.807, 2.05) is 19.0 Å². The minimum atomic E-state index is -2.34. The molecule has 4 rings (SSSR count). The van der Waals surface area contributed by atoms with Gasteiger partial charge in [-0.2, -0.15) is 4.39 Å². The van der Waals surface area contributed by atoms with E-state index in [4.69, 9.17) is 11.6 Å². The van der Waals surface area contributed by atoms with Crippen molar-refractivity contribution in [2.45, 2.75) is 23.8 Å². The van der Waals surface area contributed by atoms with E-state index in [0.717, 1.165) is 25.0 Å². The van der Waals surface area contributed by atoms with Gasteiger partial charge < -0.3 is 9.80 Å². The summed E-state index contributed by atoms with van der Waals surface area (Å²) in [6.07, 6.45) is 2.18. The van der Waals surface area contributed by atoms with Crippen LogP contribution < -0.4 is 9.62 Å². The van der Waals surface area contributed by atoms with Crippen LogP contribution in [0.2, 0.25) is 5.02 Å². The lowest BCUT2D eigenvalue weighted by Crippen LogP contribution is -2.35. The summed E-state index contributed by atoms with van der Waals surface area (Å²) < 4.78 is 57.8. The molecular formula is C20H22ClF3N4OS. The first kappa shape index (κ1) is 21.4. The van der Waals surface area contributed by atoms with Crippen molar-refractivity contribution >= 4 is 34.1 Å². The molecule has 5 nitrogen and oxygen atoms in total. The van der Waals surface area contributed by atoms with Gasteiger partial charge >= 0.3 is 0 Å². The lowest BCUT2D eigenvalue weighted by atomic mass is 9.97. The van der Waals surface area contributed by atoms with Crippen LogP contribution in [0.1, 0.15) is 12.8 Å². The lowest BCUT2D eigenvalue weighted by Gasteiger charge is -2.27. The predicted molar refractivity (Wildman–Crippen MR) is 111 cm³/mol. The van der Waals surface area contributed by atoms with Gasteiger partial charge in [0.2, 0.25) is 5.95 Å². The molecule has 1 aliphatic heterocycles. The van der Waals surface area contributed by atoms with Crippen LogP contribution >= 0.6 is 11.6 Å². The van der Waals surface area contributed by atoms with Crippen molar-refractivity contribution in [3.63, 3.8) is 0 Å². The molecule has 0 spiro atoms. The van der Waals surface area contributed by atoms with Crippen LogP contribution in [0.3, 0.4) is 0 Å². The molecule has 0 amide bonds. The zero-order chi connectivity index (χ0) is 21.6. The smallest absolute Gasteiger partial charge is 0.214 e. The van der Waals surface area contributed by atoms with Crippen LogP contribution in [-0.4, -0.2) is 47.3 Å². The van der Waals surface area contributed by atoms with Gasteiger partial charge in [-0.15, -0.1) is 0 Å². The van der Waals surface area contributed by atoms with Crippen LogP contribution in [0, 0.1) is 29.4 Å². The van der Waals surface area contributed by atoms with Gasteiger partial charge in [0, 0.05) is 25.2 Å².